The smallest absolute Gasteiger partial charge is 0.234 e. The van der Waals surface area contributed by atoms with Crippen LogP contribution in [0.15, 0.2) is 0 Å². The van der Waals surface area contributed by atoms with Crippen molar-refractivity contribution in [3.8, 4) is 0 Å². The van der Waals surface area contributed by atoms with E-state index in [0.29, 0.717) is 5.92 Å². The lowest BCUT2D eigenvalue weighted by Gasteiger charge is -2.24. The molecule has 3 N–H and O–H groups in total. The highest BCUT2D eigenvalue weighted by molar-refractivity contribution is 5.80. The van der Waals surface area contributed by atoms with Crippen LogP contribution in [0.3, 0.4) is 0 Å². The molecule has 1 fully saturated rings. The molecule has 1 saturated carbocycles. The van der Waals surface area contributed by atoms with Crippen LogP contribution in [0.4, 0.5) is 0 Å². The summed E-state index contributed by atoms with van der Waals surface area (Å²) in [6.07, 6.45) is 4.77. The predicted octanol–water partition coefficient (Wildman–Crippen LogP) is 0.962. The van der Waals surface area contributed by atoms with Crippen LogP contribution in [-0.4, -0.2) is 43.0 Å². The van der Waals surface area contributed by atoms with Crippen molar-refractivity contribution in [2.24, 2.45) is 11.7 Å². The fourth-order valence-electron chi connectivity index (χ4n) is 2.71. The second kappa shape index (κ2) is 7.67. The largest absolute Gasteiger partial charge is 0.368 e. The Hall–Kier alpha value is -0.610. The molecule has 0 bridgehead atoms. The summed E-state index contributed by atoms with van der Waals surface area (Å²) < 4.78 is 0. The molecule has 0 aromatic heterocycles. The van der Waals surface area contributed by atoms with Gasteiger partial charge in [0.1, 0.15) is 0 Å². The maximum atomic E-state index is 11.4. The van der Waals surface area contributed by atoms with Gasteiger partial charge in [-0.25, -0.2) is 0 Å². The monoisotopic (exact) mass is 241 g/mol. The molecular weight excluding hydrogens is 214 g/mol. The summed E-state index contributed by atoms with van der Waals surface area (Å²) in [5.74, 6) is 0.278. The van der Waals surface area contributed by atoms with Gasteiger partial charge in [0.25, 0.3) is 0 Å². The number of likely N-dealkylation sites (N-methyl/N-ethyl adjacent to an activating group) is 1. The van der Waals surface area contributed by atoms with Crippen molar-refractivity contribution in [2.45, 2.75) is 45.6 Å². The first-order valence-corrected chi connectivity index (χ1v) is 6.94. The highest BCUT2D eigenvalue weighted by Gasteiger charge is 2.28. The van der Waals surface area contributed by atoms with E-state index in [-0.39, 0.29) is 11.9 Å². The molecule has 100 valence electrons. The Balaban J connectivity index is 2.31. The van der Waals surface area contributed by atoms with Crippen molar-refractivity contribution < 1.29 is 4.79 Å². The number of nitrogens with one attached hydrogen (secondary N) is 1. The third-order valence-electron chi connectivity index (χ3n) is 3.86. The quantitative estimate of drug-likeness (QED) is 0.665. The van der Waals surface area contributed by atoms with E-state index in [1.807, 2.05) is 0 Å². The maximum Gasteiger partial charge on any atom is 0.234 e. The average Bonchev–Trinajstić information content (AvgIpc) is 2.82. The standard InChI is InChI=1S/C13H27N3O/c1-3-16(4-2)10-9-15-12(13(14)17)11-7-5-6-8-11/h11-12,15H,3-10H2,1-2H3,(H2,14,17). The molecule has 0 aliphatic heterocycles. The Morgan fingerprint density at radius 2 is 1.94 bits per heavy atom. The van der Waals surface area contributed by atoms with Gasteiger partial charge >= 0.3 is 0 Å². The van der Waals surface area contributed by atoms with E-state index < -0.39 is 0 Å². The van der Waals surface area contributed by atoms with Crippen LogP contribution < -0.4 is 11.1 Å². The Kier molecular flexibility index (Phi) is 6.52. The van der Waals surface area contributed by atoms with Crippen molar-refractivity contribution in [3.63, 3.8) is 0 Å². The van der Waals surface area contributed by atoms with Gasteiger partial charge in [0, 0.05) is 13.1 Å². The first-order valence-electron chi connectivity index (χ1n) is 6.94. The molecule has 1 rings (SSSR count). The van der Waals surface area contributed by atoms with Crippen LogP contribution >= 0.6 is 0 Å². The Morgan fingerprint density at radius 1 is 1.35 bits per heavy atom. The zero-order chi connectivity index (χ0) is 12.7. The van der Waals surface area contributed by atoms with Gasteiger partial charge in [0.15, 0.2) is 0 Å². The van der Waals surface area contributed by atoms with Gasteiger partial charge < -0.3 is 16.0 Å². The lowest BCUT2D eigenvalue weighted by Crippen LogP contribution is -2.48. The minimum Gasteiger partial charge on any atom is -0.368 e. The number of nitrogens with zero attached hydrogens (tertiary/aromatic N) is 1. The molecule has 0 heterocycles. The van der Waals surface area contributed by atoms with Crippen LogP contribution in [0.1, 0.15) is 39.5 Å². The molecule has 4 nitrogen and oxygen atoms in total. The Bertz CT molecular complexity index is 223. The molecule has 0 aromatic carbocycles. The molecule has 0 spiro atoms. The number of carbonyl (C=O) groups is 1. The van der Waals surface area contributed by atoms with Crippen molar-refractivity contribution in [3.05, 3.63) is 0 Å². The van der Waals surface area contributed by atoms with Crippen molar-refractivity contribution >= 4 is 5.91 Å². The zero-order valence-corrected chi connectivity index (χ0v) is 11.2. The van der Waals surface area contributed by atoms with Gasteiger partial charge in [-0.3, -0.25) is 4.79 Å². The number of amides is 1. The maximum absolute atomic E-state index is 11.4. The first-order chi connectivity index (χ1) is 8.19. The van der Waals surface area contributed by atoms with Gasteiger partial charge in [-0.05, 0) is 31.8 Å². The summed E-state index contributed by atoms with van der Waals surface area (Å²) >= 11 is 0. The molecule has 1 aliphatic carbocycles. The predicted molar refractivity (Wildman–Crippen MR) is 70.7 cm³/mol. The number of carbonyl (C=O) groups excluding carboxylic acids is 1. The first kappa shape index (κ1) is 14.5. The van der Waals surface area contributed by atoms with Gasteiger partial charge in [0.2, 0.25) is 5.91 Å². The van der Waals surface area contributed by atoms with Gasteiger partial charge in [-0.15, -0.1) is 0 Å². The van der Waals surface area contributed by atoms with Crippen molar-refractivity contribution in [2.75, 3.05) is 26.2 Å². The minimum atomic E-state index is -0.184. The molecule has 0 saturated heterocycles. The van der Waals surface area contributed by atoms with Crippen LogP contribution in [0.5, 0.6) is 0 Å². The number of nitrogens with two attached hydrogens (primary N) is 1. The molecule has 1 atom stereocenters. The van der Waals surface area contributed by atoms with Gasteiger partial charge in [-0.1, -0.05) is 26.7 Å². The topological polar surface area (TPSA) is 58.4 Å². The minimum absolute atomic E-state index is 0.118. The van der Waals surface area contributed by atoms with Crippen LogP contribution in [0, 0.1) is 5.92 Å². The van der Waals surface area contributed by atoms with Gasteiger partial charge in [-0.2, -0.15) is 0 Å². The third kappa shape index (κ3) is 4.64. The van der Waals surface area contributed by atoms with E-state index in [1.54, 1.807) is 0 Å². The molecular formula is C13H27N3O. The zero-order valence-electron chi connectivity index (χ0n) is 11.2. The molecule has 4 heteroatoms. The second-order valence-electron chi connectivity index (χ2n) is 4.91. The summed E-state index contributed by atoms with van der Waals surface area (Å²) in [5.41, 5.74) is 5.48. The lowest BCUT2D eigenvalue weighted by molar-refractivity contribution is -0.121. The van der Waals surface area contributed by atoms with Crippen LogP contribution in [0.2, 0.25) is 0 Å². The van der Waals surface area contributed by atoms with Crippen LogP contribution in [0.25, 0.3) is 0 Å². The van der Waals surface area contributed by atoms with Crippen molar-refractivity contribution in [1.82, 2.24) is 10.2 Å². The van der Waals surface area contributed by atoms with E-state index >= 15 is 0 Å². The lowest BCUT2D eigenvalue weighted by atomic mass is 9.97. The molecule has 1 unspecified atom stereocenters. The summed E-state index contributed by atoms with van der Waals surface area (Å²) in [6, 6.07) is -0.118. The van der Waals surface area contributed by atoms with Crippen molar-refractivity contribution in [1.29, 1.82) is 0 Å². The number of hydrogen-bond acceptors (Lipinski definition) is 3. The van der Waals surface area contributed by atoms with E-state index in [4.69, 9.17) is 5.73 Å². The fourth-order valence-corrected chi connectivity index (χ4v) is 2.71. The molecule has 1 amide bonds. The molecule has 0 aromatic rings. The van der Waals surface area contributed by atoms with E-state index in [2.05, 4.69) is 24.1 Å². The van der Waals surface area contributed by atoms with E-state index in [9.17, 15) is 4.79 Å². The van der Waals surface area contributed by atoms with E-state index in [1.165, 1.54) is 12.8 Å². The average molecular weight is 241 g/mol. The second-order valence-corrected chi connectivity index (χ2v) is 4.91. The summed E-state index contributed by atoms with van der Waals surface area (Å²) in [4.78, 5) is 13.8. The Labute approximate surface area is 105 Å². The summed E-state index contributed by atoms with van der Waals surface area (Å²) in [7, 11) is 0. The van der Waals surface area contributed by atoms with Crippen LogP contribution in [-0.2, 0) is 4.79 Å². The third-order valence-corrected chi connectivity index (χ3v) is 3.86. The summed E-state index contributed by atoms with van der Waals surface area (Å²) in [6.45, 7) is 8.28. The molecule has 0 radical (unpaired) electrons. The normalized spacial score (nSPS) is 18.8. The fraction of sp³-hybridized carbons (Fsp3) is 0.923. The number of primary amides is 1. The van der Waals surface area contributed by atoms with E-state index in [0.717, 1.165) is 39.0 Å². The molecule has 1 aliphatic rings. The van der Waals surface area contributed by atoms with Gasteiger partial charge in [0.05, 0.1) is 6.04 Å². The summed E-state index contributed by atoms with van der Waals surface area (Å²) in [5, 5.41) is 3.34. The molecule has 17 heavy (non-hydrogen) atoms. The highest BCUT2D eigenvalue weighted by Crippen LogP contribution is 2.27. The number of hydrogen-bond donors (Lipinski definition) is 2. The number of rotatable bonds is 8. The SMILES string of the molecule is CCN(CC)CCNC(C(N)=O)C1CCCC1. The Morgan fingerprint density at radius 3 is 2.41 bits per heavy atom. The highest BCUT2D eigenvalue weighted by atomic mass is 16.1.